The third-order valence-corrected chi connectivity index (χ3v) is 13.6. The summed E-state index contributed by atoms with van der Waals surface area (Å²) in [6.45, 7) is 14.7. The molecule has 0 aliphatic heterocycles. The van der Waals surface area contributed by atoms with Gasteiger partial charge in [-0.2, -0.15) is 0 Å². The van der Waals surface area contributed by atoms with Crippen LogP contribution in [0.3, 0.4) is 0 Å². The number of fused-ring (bicyclic) bond motifs is 7. The Morgan fingerprint density at radius 1 is 0.358 bits per heavy atom. The van der Waals surface area contributed by atoms with Crippen LogP contribution in [0.2, 0.25) is 0 Å². The van der Waals surface area contributed by atoms with Gasteiger partial charge in [-0.25, -0.2) is 0 Å². The maximum absolute atomic E-state index is 2.56. The lowest BCUT2D eigenvalue weighted by Gasteiger charge is -2.44. The maximum atomic E-state index is 2.56. The first-order chi connectivity index (χ1) is 25.6. The zero-order chi connectivity index (χ0) is 36.3. The highest BCUT2D eigenvalue weighted by atomic mass is 15.0. The van der Waals surface area contributed by atoms with Gasteiger partial charge in [0.15, 0.2) is 0 Å². The first-order valence-corrected chi connectivity index (χ1v) is 19.0. The molecule has 0 fully saturated rings. The Labute approximate surface area is 312 Å². The van der Waals surface area contributed by atoms with Crippen molar-refractivity contribution < 1.29 is 0 Å². The van der Waals surface area contributed by atoms with E-state index in [1.54, 1.807) is 0 Å². The van der Waals surface area contributed by atoms with Crippen molar-refractivity contribution in [1.82, 2.24) is 9.13 Å². The van der Waals surface area contributed by atoms with E-state index in [4.69, 9.17) is 0 Å². The lowest BCUT2D eigenvalue weighted by molar-refractivity contribution is 0.125. The molecule has 2 heteroatoms. The van der Waals surface area contributed by atoms with E-state index in [0.29, 0.717) is 0 Å². The second kappa shape index (κ2) is 11.1. The molecule has 0 saturated carbocycles. The fourth-order valence-electron chi connectivity index (χ4n) is 9.64. The van der Waals surface area contributed by atoms with Gasteiger partial charge in [-0.15, -0.1) is 0 Å². The molecular formula is C51H44N2. The fourth-order valence-corrected chi connectivity index (χ4v) is 9.64. The highest BCUT2D eigenvalue weighted by molar-refractivity contribution is 6.17. The van der Waals surface area contributed by atoms with Gasteiger partial charge in [0.2, 0.25) is 0 Å². The zero-order valence-electron chi connectivity index (χ0n) is 31.4. The minimum absolute atomic E-state index is 0.0165. The second-order valence-corrected chi connectivity index (χ2v) is 16.6. The fraction of sp³-hybridized carbons (Fsp3) is 0.176. The number of aromatic nitrogens is 2. The molecule has 258 valence electrons. The molecule has 1 aliphatic carbocycles. The summed E-state index contributed by atoms with van der Waals surface area (Å²) in [7, 11) is 0. The molecule has 0 saturated heterocycles. The van der Waals surface area contributed by atoms with E-state index in [1.807, 2.05) is 0 Å². The molecular weight excluding hydrogens is 641 g/mol. The van der Waals surface area contributed by atoms with Crippen molar-refractivity contribution in [2.45, 2.75) is 52.4 Å². The predicted octanol–water partition coefficient (Wildman–Crippen LogP) is 13.8. The normalized spacial score (nSPS) is 15.8. The first kappa shape index (κ1) is 31.8. The molecule has 0 amide bonds. The van der Waals surface area contributed by atoms with Crippen LogP contribution in [0.15, 0.2) is 158 Å². The van der Waals surface area contributed by atoms with E-state index in [1.165, 1.54) is 88.4 Å². The predicted molar refractivity (Wildman–Crippen MR) is 226 cm³/mol. The Kier molecular flexibility index (Phi) is 6.65. The summed E-state index contributed by atoms with van der Waals surface area (Å²) >= 11 is 0. The van der Waals surface area contributed by atoms with Crippen LogP contribution in [0.1, 0.15) is 52.7 Å². The summed E-state index contributed by atoms with van der Waals surface area (Å²) in [6, 6.07) is 58.5. The standard InChI is InChI=1S/C51H44N2/c1-49(2)42-31-40(33-27-29-35(30-28-33)52-44-23-13-10-19-36(44)37-20-11-14-24-45(37)52)41(32-43(42)50(3,4)51(49,5)6)38-22-16-26-47-48(38)39-21-12-15-25-46(39)53(47)34-17-8-7-9-18-34/h7-32H,1-6H3. The summed E-state index contributed by atoms with van der Waals surface area (Å²) in [5, 5.41) is 5.13. The van der Waals surface area contributed by atoms with Gasteiger partial charge < -0.3 is 9.13 Å². The van der Waals surface area contributed by atoms with Crippen molar-refractivity contribution >= 4 is 43.6 Å². The molecule has 0 spiro atoms. The van der Waals surface area contributed by atoms with Crippen molar-refractivity contribution in [2.24, 2.45) is 5.41 Å². The molecule has 10 rings (SSSR count). The molecule has 2 aromatic heterocycles. The van der Waals surface area contributed by atoms with Gasteiger partial charge in [0, 0.05) is 32.9 Å². The van der Waals surface area contributed by atoms with Crippen LogP contribution in [0.25, 0.3) is 77.2 Å². The molecule has 0 radical (unpaired) electrons. The van der Waals surface area contributed by atoms with Crippen molar-refractivity contribution in [3.63, 3.8) is 0 Å². The summed E-state index contributed by atoms with van der Waals surface area (Å²) < 4.78 is 4.84. The van der Waals surface area contributed by atoms with Gasteiger partial charge in [0.25, 0.3) is 0 Å². The molecule has 0 bridgehead atoms. The topological polar surface area (TPSA) is 9.86 Å². The van der Waals surface area contributed by atoms with E-state index >= 15 is 0 Å². The molecule has 9 aromatic rings. The third-order valence-electron chi connectivity index (χ3n) is 13.6. The molecule has 7 aromatic carbocycles. The van der Waals surface area contributed by atoms with Crippen molar-refractivity contribution in [1.29, 1.82) is 0 Å². The number of benzene rings is 7. The summed E-state index contributed by atoms with van der Waals surface area (Å²) in [6.07, 6.45) is 0. The lowest BCUT2D eigenvalue weighted by atomic mass is 9.59. The quantitative estimate of drug-likeness (QED) is 0.175. The Morgan fingerprint density at radius 2 is 0.811 bits per heavy atom. The molecule has 2 nitrogen and oxygen atoms in total. The van der Waals surface area contributed by atoms with E-state index in [9.17, 15) is 0 Å². The molecule has 53 heavy (non-hydrogen) atoms. The van der Waals surface area contributed by atoms with Gasteiger partial charge in [-0.05, 0) is 110 Å². The highest BCUT2D eigenvalue weighted by Crippen LogP contribution is 2.63. The number of hydrogen-bond acceptors (Lipinski definition) is 0. The Hall–Kier alpha value is -5.86. The lowest BCUT2D eigenvalue weighted by Crippen LogP contribution is -2.42. The van der Waals surface area contributed by atoms with E-state index in [2.05, 4.69) is 208 Å². The third kappa shape index (κ3) is 4.27. The number of nitrogens with zero attached hydrogens (tertiary/aromatic N) is 2. The Balaban J connectivity index is 1.25. The van der Waals surface area contributed by atoms with Crippen LogP contribution >= 0.6 is 0 Å². The molecule has 1 aliphatic rings. The second-order valence-electron chi connectivity index (χ2n) is 16.6. The van der Waals surface area contributed by atoms with Crippen LogP contribution in [-0.2, 0) is 10.8 Å². The first-order valence-electron chi connectivity index (χ1n) is 19.0. The van der Waals surface area contributed by atoms with Crippen LogP contribution in [0.5, 0.6) is 0 Å². The smallest absolute Gasteiger partial charge is 0.0547 e. The minimum atomic E-state index is -0.0224. The van der Waals surface area contributed by atoms with Gasteiger partial charge in [-0.3, -0.25) is 0 Å². The largest absolute Gasteiger partial charge is 0.309 e. The van der Waals surface area contributed by atoms with Crippen LogP contribution in [0, 0.1) is 5.41 Å². The monoisotopic (exact) mass is 684 g/mol. The number of rotatable bonds is 4. The molecule has 0 N–H and O–H groups in total. The summed E-state index contributed by atoms with van der Waals surface area (Å²) in [5.41, 5.74) is 15.2. The van der Waals surface area contributed by atoms with Gasteiger partial charge in [0.1, 0.15) is 0 Å². The number of para-hydroxylation sites is 4. The van der Waals surface area contributed by atoms with Crippen LogP contribution in [0.4, 0.5) is 0 Å². The minimum Gasteiger partial charge on any atom is -0.309 e. The summed E-state index contributed by atoms with van der Waals surface area (Å²) in [5.74, 6) is 0. The Bertz CT molecular complexity index is 2840. The van der Waals surface area contributed by atoms with Gasteiger partial charge in [-0.1, -0.05) is 139 Å². The average molecular weight is 685 g/mol. The van der Waals surface area contributed by atoms with Crippen LogP contribution < -0.4 is 0 Å². The molecule has 0 unspecified atom stereocenters. The highest BCUT2D eigenvalue weighted by Gasteiger charge is 2.57. The van der Waals surface area contributed by atoms with Crippen LogP contribution in [-0.4, -0.2) is 9.13 Å². The summed E-state index contributed by atoms with van der Waals surface area (Å²) in [4.78, 5) is 0. The van der Waals surface area contributed by atoms with E-state index in [0.717, 1.165) is 0 Å². The van der Waals surface area contributed by atoms with E-state index in [-0.39, 0.29) is 16.2 Å². The molecule has 2 heterocycles. The van der Waals surface area contributed by atoms with Crippen molar-refractivity contribution in [3.05, 3.63) is 169 Å². The zero-order valence-corrected chi connectivity index (χ0v) is 31.4. The Morgan fingerprint density at radius 3 is 1.42 bits per heavy atom. The molecule has 0 atom stereocenters. The average Bonchev–Trinajstić information content (AvgIpc) is 3.73. The SMILES string of the molecule is CC1(C)c2cc(-c3ccc(-n4c5ccccc5c5ccccc54)cc3)c(-c3cccc4c3c3ccccc3n4-c3ccccc3)cc2C(C)(C)C1(C)C. The van der Waals surface area contributed by atoms with E-state index < -0.39 is 0 Å². The van der Waals surface area contributed by atoms with Gasteiger partial charge >= 0.3 is 0 Å². The number of hydrogen-bond donors (Lipinski definition) is 0. The van der Waals surface area contributed by atoms with Gasteiger partial charge in [0.05, 0.1) is 22.1 Å². The van der Waals surface area contributed by atoms with Crippen molar-refractivity contribution in [3.8, 4) is 33.6 Å². The maximum Gasteiger partial charge on any atom is 0.0547 e. The van der Waals surface area contributed by atoms with Crippen molar-refractivity contribution in [2.75, 3.05) is 0 Å².